The molecule has 0 saturated carbocycles. The number of thioether (sulfide) groups is 1. The van der Waals surface area contributed by atoms with E-state index in [1.165, 1.54) is 11.8 Å². The van der Waals surface area contributed by atoms with Crippen LogP contribution >= 0.6 is 11.8 Å². The number of nitrogens with one attached hydrogen (secondary N) is 2. The van der Waals surface area contributed by atoms with Crippen LogP contribution in [0.15, 0.2) is 0 Å². The second-order valence-electron chi connectivity index (χ2n) is 9.68. The van der Waals surface area contributed by atoms with E-state index in [0.717, 1.165) is 0 Å². The van der Waals surface area contributed by atoms with Gasteiger partial charge in [0.15, 0.2) is 18.9 Å². The van der Waals surface area contributed by atoms with Crippen molar-refractivity contribution in [1.82, 2.24) is 10.6 Å². The number of fused-ring (bicyclic) bond motifs is 1. The maximum absolute atomic E-state index is 11.2. The van der Waals surface area contributed by atoms with Gasteiger partial charge in [0.1, 0.15) is 23.7 Å². The second kappa shape index (κ2) is 15.0. The fourth-order valence-corrected chi connectivity index (χ4v) is 5.81. The summed E-state index contributed by atoms with van der Waals surface area (Å²) in [6.07, 6.45) is -6.21. The van der Waals surface area contributed by atoms with Gasteiger partial charge in [-0.2, -0.15) is 0 Å². The molecule has 14 nitrogen and oxygen atoms in total. The van der Waals surface area contributed by atoms with Crippen LogP contribution in [0.5, 0.6) is 0 Å². The zero-order valence-corrected chi connectivity index (χ0v) is 22.4. The summed E-state index contributed by atoms with van der Waals surface area (Å²) < 4.78 is 30.1. The predicted octanol–water partition coefficient (Wildman–Crippen LogP) is -4.11. The molecule has 0 bridgehead atoms. The summed E-state index contributed by atoms with van der Waals surface area (Å²) in [7, 11) is 1.67. The van der Waals surface area contributed by atoms with Crippen LogP contribution in [0.3, 0.4) is 0 Å². The molecule has 13 N–H and O–H groups in total. The van der Waals surface area contributed by atoms with E-state index in [1.54, 1.807) is 7.05 Å². The first-order valence-electron chi connectivity index (χ1n) is 13.0. The lowest BCUT2D eigenvalue weighted by molar-refractivity contribution is -0.354. The number of aliphatic hydroxyl groups excluding tert-OH is 3. The topological polar surface area (TPSA) is 235 Å². The minimum Gasteiger partial charge on any atom is -0.390 e. The number of aliphatic hydroxyl groups is 3. The molecule has 3 aliphatic heterocycles. The molecule has 3 heterocycles. The molecule has 0 aliphatic carbocycles. The number of likely N-dealkylation sites (N-methyl/N-ethyl adjacent to an activating group) is 1. The van der Waals surface area contributed by atoms with Crippen LogP contribution in [0.2, 0.25) is 0 Å². The molecular formula is C22H46N6O8S. The van der Waals surface area contributed by atoms with Gasteiger partial charge in [0.2, 0.25) is 0 Å². The normalized spacial score (nSPS) is 42.2. The molecule has 0 aromatic rings. The number of hydrogen-bond donors (Lipinski definition) is 9. The zero-order valence-electron chi connectivity index (χ0n) is 21.6. The third kappa shape index (κ3) is 7.93. The van der Waals surface area contributed by atoms with Crippen molar-refractivity contribution in [2.24, 2.45) is 22.9 Å². The SMILES string of the molecule is CCC(O)C(OCCNCCN)OC1OC2CC(N)C(OC3SCC(N)C(O)C3N)OC2C(O)C1NC. The van der Waals surface area contributed by atoms with Gasteiger partial charge in [-0.1, -0.05) is 6.92 Å². The fraction of sp³-hybridized carbons (Fsp3) is 1.00. The van der Waals surface area contributed by atoms with Crippen LogP contribution in [0.25, 0.3) is 0 Å². The fourth-order valence-electron chi connectivity index (χ4n) is 4.63. The molecule has 0 aromatic heterocycles. The highest BCUT2D eigenvalue weighted by atomic mass is 32.2. The third-order valence-corrected chi connectivity index (χ3v) is 8.23. The molecule has 3 fully saturated rings. The van der Waals surface area contributed by atoms with Crippen molar-refractivity contribution in [3.8, 4) is 0 Å². The lowest BCUT2D eigenvalue weighted by atomic mass is 9.90. The van der Waals surface area contributed by atoms with E-state index in [4.69, 9.17) is 46.6 Å². The molecule has 0 spiro atoms. The molecule has 13 atom stereocenters. The van der Waals surface area contributed by atoms with Gasteiger partial charge >= 0.3 is 0 Å². The molecule has 0 amide bonds. The minimum atomic E-state index is -1.04. The Morgan fingerprint density at radius 3 is 2.51 bits per heavy atom. The first-order valence-corrected chi connectivity index (χ1v) is 14.0. The van der Waals surface area contributed by atoms with Gasteiger partial charge in [-0.05, 0) is 19.9 Å². The molecule has 3 rings (SSSR count). The molecule has 15 heteroatoms. The van der Waals surface area contributed by atoms with Gasteiger partial charge in [-0.3, -0.25) is 0 Å². The Hall–Kier alpha value is -0.210. The molecule has 13 unspecified atom stereocenters. The molecule has 3 aliphatic rings. The highest BCUT2D eigenvalue weighted by Crippen LogP contribution is 2.35. The Bertz CT molecular complexity index is 675. The summed E-state index contributed by atoms with van der Waals surface area (Å²) in [5.74, 6) is 0.482. The Balaban J connectivity index is 1.62. The lowest BCUT2D eigenvalue weighted by Gasteiger charge is -2.50. The second-order valence-corrected chi connectivity index (χ2v) is 10.8. The van der Waals surface area contributed by atoms with Crippen molar-refractivity contribution < 1.29 is 39.0 Å². The van der Waals surface area contributed by atoms with E-state index in [9.17, 15) is 15.3 Å². The summed E-state index contributed by atoms with van der Waals surface area (Å²) >= 11 is 1.39. The quantitative estimate of drug-likeness (QED) is 0.0777. The van der Waals surface area contributed by atoms with E-state index in [-0.39, 0.29) is 0 Å². The van der Waals surface area contributed by atoms with Gasteiger partial charge in [0.25, 0.3) is 0 Å². The summed E-state index contributed by atoms with van der Waals surface area (Å²) in [5, 5.41) is 38.0. The minimum absolute atomic E-state index is 0.293. The van der Waals surface area contributed by atoms with Crippen LogP contribution in [0.1, 0.15) is 19.8 Å². The number of nitrogens with two attached hydrogens (primary N) is 4. The van der Waals surface area contributed by atoms with Crippen molar-refractivity contribution in [3.63, 3.8) is 0 Å². The molecule has 3 saturated heterocycles. The van der Waals surface area contributed by atoms with Gasteiger partial charge in [-0.25, -0.2) is 0 Å². The summed E-state index contributed by atoms with van der Waals surface area (Å²) in [4.78, 5) is 0. The number of ether oxygens (including phenoxy) is 5. The van der Waals surface area contributed by atoms with E-state index in [2.05, 4.69) is 10.6 Å². The molecule has 218 valence electrons. The zero-order chi connectivity index (χ0) is 27.1. The Kier molecular flexibility index (Phi) is 12.7. The van der Waals surface area contributed by atoms with Crippen LogP contribution < -0.4 is 33.6 Å². The molecular weight excluding hydrogens is 508 g/mol. The Labute approximate surface area is 222 Å². The monoisotopic (exact) mass is 554 g/mol. The predicted molar refractivity (Wildman–Crippen MR) is 137 cm³/mol. The van der Waals surface area contributed by atoms with Crippen molar-refractivity contribution in [2.45, 2.75) is 98.8 Å². The van der Waals surface area contributed by atoms with Gasteiger partial charge in [0.05, 0.1) is 36.9 Å². The smallest absolute Gasteiger partial charge is 0.186 e. The van der Waals surface area contributed by atoms with Crippen molar-refractivity contribution >= 4 is 11.8 Å². The van der Waals surface area contributed by atoms with Crippen molar-refractivity contribution in [2.75, 3.05) is 39.0 Å². The average molecular weight is 555 g/mol. The van der Waals surface area contributed by atoms with Crippen LogP contribution in [0.4, 0.5) is 0 Å². The van der Waals surface area contributed by atoms with Gasteiger partial charge < -0.3 is 72.6 Å². The average Bonchev–Trinajstić information content (AvgIpc) is 2.88. The molecule has 0 radical (unpaired) electrons. The van der Waals surface area contributed by atoms with E-state index < -0.39 is 79.0 Å². The van der Waals surface area contributed by atoms with Crippen molar-refractivity contribution in [3.05, 3.63) is 0 Å². The van der Waals surface area contributed by atoms with Crippen LogP contribution in [-0.2, 0) is 23.7 Å². The highest BCUT2D eigenvalue weighted by Gasteiger charge is 2.52. The lowest BCUT2D eigenvalue weighted by Crippen LogP contribution is -2.68. The first kappa shape index (κ1) is 31.3. The van der Waals surface area contributed by atoms with Crippen LogP contribution in [0, 0.1) is 0 Å². The highest BCUT2D eigenvalue weighted by molar-refractivity contribution is 7.99. The van der Waals surface area contributed by atoms with Crippen LogP contribution in [-0.4, -0.2) is 133 Å². The van der Waals surface area contributed by atoms with Gasteiger partial charge in [-0.15, -0.1) is 11.8 Å². The molecule has 37 heavy (non-hydrogen) atoms. The number of hydrogen-bond acceptors (Lipinski definition) is 15. The maximum Gasteiger partial charge on any atom is 0.186 e. The van der Waals surface area contributed by atoms with E-state index >= 15 is 0 Å². The Morgan fingerprint density at radius 1 is 1.08 bits per heavy atom. The summed E-state index contributed by atoms with van der Waals surface area (Å²) in [6, 6.07) is -2.41. The standard InChI is InChI=1S/C22H46N6O8S/c1-3-12(29)20(32-7-6-28-5-4-23)35-21-15(27-2)17(31)18-13(33-21)8-10(24)19(34-18)36-22-14(26)16(30)11(25)9-37-22/h10-22,27-31H,3-9,23-26H2,1-2H3. The van der Waals surface area contributed by atoms with Gasteiger partial charge in [0, 0.05) is 31.4 Å². The van der Waals surface area contributed by atoms with E-state index in [0.29, 0.717) is 44.8 Å². The Morgan fingerprint density at radius 2 is 1.84 bits per heavy atom. The summed E-state index contributed by atoms with van der Waals surface area (Å²) in [5.41, 5.74) is 23.3. The molecule has 0 aromatic carbocycles. The third-order valence-electron chi connectivity index (χ3n) is 6.90. The largest absolute Gasteiger partial charge is 0.390 e. The van der Waals surface area contributed by atoms with E-state index in [1.807, 2.05) is 6.92 Å². The number of rotatable bonds is 13. The maximum atomic E-state index is 11.2. The van der Waals surface area contributed by atoms with Crippen molar-refractivity contribution in [1.29, 1.82) is 0 Å². The summed E-state index contributed by atoms with van der Waals surface area (Å²) in [6.45, 7) is 3.81. The first-order chi connectivity index (χ1) is 17.7.